The SMILES string of the molecule is COC(=O)C=C1SC(Cc2ccc(Cl)cc2)=NC1=O. The summed E-state index contributed by atoms with van der Waals surface area (Å²) in [5.74, 6) is -0.960. The molecule has 0 saturated heterocycles. The van der Waals surface area contributed by atoms with Gasteiger partial charge in [0, 0.05) is 17.5 Å². The minimum Gasteiger partial charge on any atom is -0.466 e. The first kappa shape index (κ1) is 13.8. The molecule has 1 aliphatic rings. The van der Waals surface area contributed by atoms with Gasteiger partial charge in [-0.1, -0.05) is 35.5 Å². The van der Waals surface area contributed by atoms with Crippen LogP contribution in [0.4, 0.5) is 0 Å². The van der Waals surface area contributed by atoms with Gasteiger partial charge in [0.25, 0.3) is 5.91 Å². The Morgan fingerprint density at radius 2 is 2.11 bits per heavy atom. The average molecular weight is 296 g/mol. The lowest BCUT2D eigenvalue weighted by Gasteiger charge is -2.00. The lowest BCUT2D eigenvalue weighted by atomic mass is 10.2. The molecule has 98 valence electrons. The smallest absolute Gasteiger partial charge is 0.331 e. The highest BCUT2D eigenvalue weighted by Gasteiger charge is 2.22. The van der Waals surface area contributed by atoms with Gasteiger partial charge in [0.2, 0.25) is 0 Å². The summed E-state index contributed by atoms with van der Waals surface area (Å²) in [5.41, 5.74) is 1.00. The number of aliphatic imine (C=N–C) groups is 1. The number of thioether (sulfide) groups is 1. The van der Waals surface area contributed by atoms with Crippen LogP contribution in [0, 0.1) is 0 Å². The van der Waals surface area contributed by atoms with Crippen LogP contribution < -0.4 is 0 Å². The Labute approximate surface area is 119 Å². The van der Waals surface area contributed by atoms with Crippen molar-refractivity contribution in [2.45, 2.75) is 6.42 Å². The van der Waals surface area contributed by atoms with Crippen molar-refractivity contribution in [3.05, 3.63) is 45.8 Å². The molecule has 2 rings (SSSR count). The Balaban J connectivity index is 2.06. The molecule has 0 fully saturated rings. The van der Waals surface area contributed by atoms with Crippen LogP contribution in [0.25, 0.3) is 0 Å². The summed E-state index contributed by atoms with van der Waals surface area (Å²) in [4.78, 5) is 26.9. The fourth-order valence-electron chi connectivity index (χ4n) is 1.47. The summed E-state index contributed by atoms with van der Waals surface area (Å²) in [5, 5.41) is 1.31. The minimum atomic E-state index is -0.557. The monoisotopic (exact) mass is 295 g/mol. The van der Waals surface area contributed by atoms with Crippen LogP contribution in [0.15, 0.2) is 40.2 Å². The van der Waals surface area contributed by atoms with Crippen molar-refractivity contribution in [3.8, 4) is 0 Å². The maximum Gasteiger partial charge on any atom is 0.331 e. The molecule has 0 spiro atoms. The number of methoxy groups -OCH3 is 1. The average Bonchev–Trinajstić information content (AvgIpc) is 2.72. The molecule has 1 aliphatic heterocycles. The molecule has 1 amide bonds. The molecule has 6 heteroatoms. The van der Waals surface area contributed by atoms with Crippen molar-refractivity contribution in [2.24, 2.45) is 4.99 Å². The van der Waals surface area contributed by atoms with Crippen LogP contribution in [0.1, 0.15) is 5.56 Å². The van der Waals surface area contributed by atoms with Crippen LogP contribution in [0.5, 0.6) is 0 Å². The van der Waals surface area contributed by atoms with E-state index in [0.717, 1.165) is 11.6 Å². The number of rotatable bonds is 3. The van der Waals surface area contributed by atoms with Crippen LogP contribution >= 0.6 is 23.4 Å². The minimum absolute atomic E-state index is 0.288. The van der Waals surface area contributed by atoms with Crippen molar-refractivity contribution in [2.75, 3.05) is 7.11 Å². The number of esters is 1. The van der Waals surface area contributed by atoms with Crippen LogP contribution in [0.2, 0.25) is 5.02 Å². The molecule has 0 bridgehead atoms. The van der Waals surface area contributed by atoms with Crippen molar-refractivity contribution in [3.63, 3.8) is 0 Å². The number of nitrogens with zero attached hydrogens (tertiary/aromatic N) is 1. The molecule has 0 saturated carbocycles. The van der Waals surface area contributed by atoms with Gasteiger partial charge in [-0.15, -0.1) is 0 Å². The van der Waals surface area contributed by atoms with Gasteiger partial charge in [-0.05, 0) is 17.7 Å². The lowest BCUT2D eigenvalue weighted by molar-refractivity contribution is -0.135. The van der Waals surface area contributed by atoms with E-state index in [-0.39, 0.29) is 4.91 Å². The Kier molecular flexibility index (Phi) is 4.39. The molecule has 0 atom stereocenters. The summed E-state index contributed by atoms with van der Waals surface area (Å²) in [6.45, 7) is 0. The fourth-order valence-corrected chi connectivity index (χ4v) is 2.51. The largest absolute Gasteiger partial charge is 0.466 e. The molecule has 0 N–H and O–H groups in total. The number of carbonyl (C=O) groups is 2. The van der Waals surface area contributed by atoms with Gasteiger partial charge in [-0.2, -0.15) is 0 Å². The third kappa shape index (κ3) is 3.68. The quantitative estimate of drug-likeness (QED) is 0.635. The molecule has 1 aromatic carbocycles. The zero-order chi connectivity index (χ0) is 13.8. The maximum atomic E-state index is 11.6. The van der Waals surface area contributed by atoms with Gasteiger partial charge in [-0.25, -0.2) is 9.79 Å². The lowest BCUT2D eigenvalue weighted by Crippen LogP contribution is -1.98. The molecule has 19 heavy (non-hydrogen) atoms. The first-order valence-electron chi connectivity index (χ1n) is 5.42. The first-order chi connectivity index (χ1) is 9.08. The van der Waals surface area contributed by atoms with Crippen LogP contribution in [-0.4, -0.2) is 24.0 Å². The summed E-state index contributed by atoms with van der Waals surface area (Å²) < 4.78 is 4.48. The second kappa shape index (κ2) is 6.04. The van der Waals surface area contributed by atoms with Gasteiger partial charge in [-0.3, -0.25) is 4.79 Å². The van der Waals surface area contributed by atoms with Crippen molar-refractivity contribution >= 4 is 40.3 Å². The summed E-state index contributed by atoms with van der Waals surface area (Å²) >= 11 is 6.99. The second-order valence-corrected chi connectivity index (χ2v) is 5.30. The van der Waals surface area contributed by atoms with Crippen LogP contribution in [0.3, 0.4) is 0 Å². The predicted octanol–water partition coefficient (Wildman–Crippen LogP) is 2.61. The van der Waals surface area contributed by atoms with Crippen molar-refractivity contribution < 1.29 is 14.3 Å². The van der Waals surface area contributed by atoms with E-state index >= 15 is 0 Å². The molecule has 1 aromatic rings. The maximum absolute atomic E-state index is 11.6. The summed E-state index contributed by atoms with van der Waals surface area (Å²) in [6.07, 6.45) is 1.69. The third-order valence-corrected chi connectivity index (χ3v) is 3.62. The Morgan fingerprint density at radius 1 is 1.42 bits per heavy atom. The molecule has 0 aromatic heterocycles. The predicted molar refractivity (Wildman–Crippen MR) is 75.3 cm³/mol. The van der Waals surface area contributed by atoms with Gasteiger partial charge >= 0.3 is 5.97 Å². The first-order valence-corrected chi connectivity index (χ1v) is 6.62. The summed E-state index contributed by atoms with van der Waals surface area (Å²) in [7, 11) is 1.26. The van der Waals surface area contributed by atoms with Crippen molar-refractivity contribution in [1.29, 1.82) is 0 Å². The summed E-state index contributed by atoms with van der Waals surface area (Å²) in [6, 6.07) is 7.31. The molecule has 4 nitrogen and oxygen atoms in total. The number of hydrogen-bond acceptors (Lipinski definition) is 4. The van der Waals surface area contributed by atoms with E-state index in [1.807, 2.05) is 12.1 Å². The van der Waals surface area contributed by atoms with Gasteiger partial charge in [0.1, 0.15) is 0 Å². The van der Waals surface area contributed by atoms with E-state index in [0.29, 0.717) is 16.5 Å². The van der Waals surface area contributed by atoms with E-state index in [1.165, 1.54) is 18.9 Å². The topological polar surface area (TPSA) is 55.7 Å². The van der Waals surface area contributed by atoms with E-state index in [2.05, 4.69) is 9.73 Å². The molecule has 0 radical (unpaired) electrons. The van der Waals surface area contributed by atoms with E-state index in [9.17, 15) is 9.59 Å². The zero-order valence-corrected chi connectivity index (χ0v) is 11.6. The molecular weight excluding hydrogens is 286 g/mol. The van der Waals surface area contributed by atoms with E-state index < -0.39 is 11.9 Å². The zero-order valence-electron chi connectivity index (χ0n) is 10.1. The van der Waals surface area contributed by atoms with Gasteiger partial charge in [0.15, 0.2) is 0 Å². The molecule has 1 heterocycles. The van der Waals surface area contributed by atoms with E-state index in [1.54, 1.807) is 12.1 Å². The number of ether oxygens (including phenoxy) is 1. The standard InChI is InChI=1S/C13H10ClNO3S/c1-18-12(16)7-10-13(17)15-11(19-10)6-8-2-4-9(14)5-3-8/h2-5,7H,6H2,1H3. The van der Waals surface area contributed by atoms with Crippen molar-refractivity contribution in [1.82, 2.24) is 0 Å². The number of benzene rings is 1. The number of amides is 1. The molecular formula is C13H10ClNO3S. The number of hydrogen-bond donors (Lipinski definition) is 0. The van der Waals surface area contributed by atoms with Gasteiger partial charge < -0.3 is 4.74 Å². The van der Waals surface area contributed by atoms with Crippen LogP contribution in [-0.2, 0) is 20.7 Å². The highest BCUT2D eigenvalue weighted by Crippen LogP contribution is 2.28. The van der Waals surface area contributed by atoms with Gasteiger partial charge in [0.05, 0.1) is 17.1 Å². The Bertz CT molecular complexity index is 578. The molecule has 0 unspecified atom stereocenters. The highest BCUT2D eigenvalue weighted by molar-refractivity contribution is 8.18. The van der Waals surface area contributed by atoms with E-state index in [4.69, 9.17) is 11.6 Å². The highest BCUT2D eigenvalue weighted by atomic mass is 35.5. The normalized spacial score (nSPS) is 16.6. The molecule has 0 aliphatic carbocycles. The Morgan fingerprint density at radius 3 is 2.74 bits per heavy atom. The Hall–Kier alpha value is -1.59. The third-order valence-electron chi connectivity index (χ3n) is 2.38. The fraction of sp³-hybridized carbons (Fsp3) is 0.154. The number of carbonyl (C=O) groups excluding carboxylic acids is 2. The number of halogens is 1. The second-order valence-electron chi connectivity index (χ2n) is 3.75.